The topological polar surface area (TPSA) is 41.6 Å². The number of nitrogens with one attached hydrogen (secondary N) is 1. The maximum Gasteiger partial charge on any atom is 0.153 e. The lowest BCUT2D eigenvalue weighted by Crippen LogP contribution is -2.06. The standard InChI is InChI=1S/C16H23N3/c1-2-4-9(5-3-1)15-17-16(19-18-15)14-12-10-6-7-11(8-10)13(12)14/h9-14H,1-8H2,(H,17,18,19). The van der Waals surface area contributed by atoms with Gasteiger partial charge in [-0.05, 0) is 55.8 Å². The Morgan fingerprint density at radius 2 is 1.63 bits per heavy atom. The first-order valence-corrected chi connectivity index (χ1v) is 8.34. The SMILES string of the molecule is C1CCC(c2n[nH]c(C3C4C5CCC(C5)C34)n2)CC1. The van der Waals surface area contributed by atoms with Crippen LogP contribution in [-0.4, -0.2) is 15.2 Å². The van der Waals surface area contributed by atoms with Gasteiger partial charge in [0, 0.05) is 11.8 Å². The van der Waals surface area contributed by atoms with Gasteiger partial charge >= 0.3 is 0 Å². The molecule has 3 heteroatoms. The van der Waals surface area contributed by atoms with Crippen LogP contribution in [-0.2, 0) is 0 Å². The van der Waals surface area contributed by atoms with Crippen LogP contribution in [0.5, 0.6) is 0 Å². The van der Waals surface area contributed by atoms with Crippen molar-refractivity contribution < 1.29 is 0 Å². The van der Waals surface area contributed by atoms with Crippen molar-refractivity contribution in [3.63, 3.8) is 0 Å². The Kier molecular flexibility index (Phi) is 2.19. The minimum atomic E-state index is 0.647. The number of rotatable bonds is 2. The fraction of sp³-hybridized carbons (Fsp3) is 0.875. The van der Waals surface area contributed by atoms with E-state index < -0.39 is 0 Å². The average molecular weight is 257 g/mol. The zero-order valence-corrected chi connectivity index (χ0v) is 11.5. The summed E-state index contributed by atoms with van der Waals surface area (Å²) in [4.78, 5) is 4.91. The Morgan fingerprint density at radius 3 is 2.37 bits per heavy atom. The number of hydrogen-bond acceptors (Lipinski definition) is 2. The molecule has 4 unspecified atom stereocenters. The molecule has 2 bridgehead atoms. The number of hydrogen-bond donors (Lipinski definition) is 1. The molecule has 4 saturated carbocycles. The lowest BCUT2D eigenvalue weighted by atomic mass is 9.89. The first-order chi connectivity index (χ1) is 9.42. The number of aromatic amines is 1. The van der Waals surface area contributed by atoms with Gasteiger partial charge in [0.05, 0.1) is 0 Å². The summed E-state index contributed by atoms with van der Waals surface area (Å²) < 4.78 is 0. The molecule has 4 atom stereocenters. The maximum atomic E-state index is 4.91. The average Bonchev–Trinajstić information content (AvgIpc) is 2.89. The molecule has 4 aliphatic rings. The number of nitrogens with zero attached hydrogens (tertiary/aromatic N) is 2. The van der Waals surface area contributed by atoms with E-state index in [0.717, 1.165) is 35.4 Å². The van der Waals surface area contributed by atoms with E-state index in [1.807, 2.05) is 0 Å². The van der Waals surface area contributed by atoms with E-state index in [1.54, 1.807) is 0 Å². The molecule has 0 spiro atoms. The first-order valence-electron chi connectivity index (χ1n) is 8.34. The van der Waals surface area contributed by atoms with Crippen molar-refractivity contribution in [3.8, 4) is 0 Å². The Balaban J connectivity index is 1.36. The summed E-state index contributed by atoms with van der Waals surface area (Å²) in [7, 11) is 0. The van der Waals surface area contributed by atoms with Crippen molar-refractivity contribution in [2.75, 3.05) is 0 Å². The lowest BCUT2D eigenvalue weighted by molar-refractivity contribution is 0.429. The molecule has 3 nitrogen and oxygen atoms in total. The third-order valence-electron chi connectivity index (χ3n) is 6.54. The highest BCUT2D eigenvalue weighted by Gasteiger charge is 2.66. The van der Waals surface area contributed by atoms with Gasteiger partial charge in [0.1, 0.15) is 5.82 Å². The third-order valence-corrected chi connectivity index (χ3v) is 6.54. The quantitative estimate of drug-likeness (QED) is 0.879. The molecule has 1 aromatic rings. The largest absolute Gasteiger partial charge is 0.263 e. The van der Waals surface area contributed by atoms with E-state index >= 15 is 0 Å². The van der Waals surface area contributed by atoms with Crippen LogP contribution in [0.15, 0.2) is 0 Å². The van der Waals surface area contributed by atoms with Crippen molar-refractivity contribution in [1.82, 2.24) is 15.2 Å². The zero-order chi connectivity index (χ0) is 12.4. The van der Waals surface area contributed by atoms with Crippen molar-refractivity contribution in [2.24, 2.45) is 23.7 Å². The molecule has 19 heavy (non-hydrogen) atoms. The molecule has 0 amide bonds. The minimum Gasteiger partial charge on any atom is -0.263 e. The summed E-state index contributed by atoms with van der Waals surface area (Å²) in [6.07, 6.45) is 11.3. The number of H-pyrrole nitrogens is 1. The molecule has 0 aliphatic heterocycles. The molecule has 4 aliphatic carbocycles. The summed E-state index contributed by atoms with van der Waals surface area (Å²) in [6.45, 7) is 0. The van der Waals surface area contributed by atoms with E-state index in [2.05, 4.69) is 10.2 Å². The second-order valence-electron chi connectivity index (χ2n) is 7.43. The number of fused-ring (bicyclic) bond motifs is 5. The Morgan fingerprint density at radius 1 is 0.895 bits per heavy atom. The molecular formula is C16H23N3. The monoisotopic (exact) mass is 257 g/mol. The van der Waals surface area contributed by atoms with Gasteiger partial charge in [-0.15, -0.1) is 0 Å². The zero-order valence-electron chi connectivity index (χ0n) is 11.5. The van der Waals surface area contributed by atoms with E-state index in [0.29, 0.717) is 5.92 Å². The molecule has 0 saturated heterocycles. The first kappa shape index (κ1) is 10.9. The van der Waals surface area contributed by atoms with Crippen molar-refractivity contribution in [1.29, 1.82) is 0 Å². The Hall–Kier alpha value is -0.860. The summed E-state index contributed by atoms with van der Waals surface area (Å²) in [6, 6.07) is 0. The second-order valence-corrected chi connectivity index (χ2v) is 7.43. The fourth-order valence-electron chi connectivity index (χ4n) is 5.67. The van der Waals surface area contributed by atoms with Crippen LogP contribution >= 0.6 is 0 Å². The Bertz CT molecular complexity index is 472. The molecule has 1 aromatic heterocycles. The highest BCUT2D eigenvalue weighted by atomic mass is 15.2. The molecule has 0 radical (unpaired) electrons. The van der Waals surface area contributed by atoms with Crippen LogP contribution in [0, 0.1) is 23.7 Å². The molecule has 1 N–H and O–H groups in total. The van der Waals surface area contributed by atoms with E-state index in [4.69, 9.17) is 4.98 Å². The van der Waals surface area contributed by atoms with Crippen molar-refractivity contribution in [3.05, 3.63) is 11.6 Å². The van der Waals surface area contributed by atoms with Crippen LogP contribution in [0.1, 0.15) is 74.9 Å². The summed E-state index contributed by atoms with van der Waals surface area (Å²) >= 11 is 0. The molecule has 102 valence electrons. The van der Waals surface area contributed by atoms with Gasteiger partial charge in [-0.2, -0.15) is 5.10 Å². The molecule has 0 aromatic carbocycles. The van der Waals surface area contributed by atoms with Crippen molar-refractivity contribution >= 4 is 0 Å². The highest BCUT2D eigenvalue weighted by molar-refractivity contribution is 5.24. The molecular weight excluding hydrogens is 234 g/mol. The van der Waals surface area contributed by atoms with Gasteiger partial charge in [-0.3, -0.25) is 5.10 Å². The minimum absolute atomic E-state index is 0.647. The number of aromatic nitrogens is 3. The van der Waals surface area contributed by atoms with E-state index in [1.165, 1.54) is 57.2 Å². The van der Waals surface area contributed by atoms with Crippen LogP contribution in [0.25, 0.3) is 0 Å². The predicted molar refractivity (Wildman–Crippen MR) is 72.8 cm³/mol. The molecule has 1 heterocycles. The highest BCUT2D eigenvalue weighted by Crippen LogP contribution is 2.72. The summed E-state index contributed by atoms with van der Waals surface area (Å²) in [5, 5.41) is 7.86. The van der Waals surface area contributed by atoms with Crippen LogP contribution in [0.4, 0.5) is 0 Å². The second kappa shape index (κ2) is 3.83. The Labute approximate surface area is 114 Å². The van der Waals surface area contributed by atoms with E-state index in [9.17, 15) is 0 Å². The van der Waals surface area contributed by atoms with Crippen LogP contribution < -0.4 is 0 Å². The van der Waals surface area contributed by atoms with Gasteiger partial charge in [-0.1, -0.05) is 19.3 Å². The van der Waals surface area contributed by atoms with Gasteiger partial charge < -0.3 is 0 Å². The van der Waals surface area contributed by atoms with Crippen LogP contribution in [0.3, 0.4) is 0 Å². The maximum absolute atomic E-state index is 4.91. The van der Waals surface area contributed by atoms with Gasteiger partial charge in [0.25, 0.3) is 0 Å². The van der Waals surface area contributed by atoms with Crippen molar-refractivity contribution in [2.45, 2.75) is 63.2 Å². The lowest BCUT2D eigenvalue weighted by Gasteiger charge is -2.18. The molecule has 4 fully saturated rings. The molecule has 5 rings (SSSR count). The smallest absolute Gasteiger partial charge is 0.153 e. The van der Waals surface area contributed by atoms with Gasteiger partial charge in [0.15, 0.2) is 5.82 Å². The van der Waals surface area contributed by atoms with Crippen LogP contribution in [0.2, 0.25) is 0 Å². The van der Waals surface area contributed by atoms with Gasteiger partial charge in [0.2, 0.25) is 0 Å². The van der Waals surface area contributed by atoms with Gasteiger partial charge in [-0.25, -0.2) is 4.98 Å². The van der Waals surface area contributed by atoms with E-state index in [-0.39, 0.29) is 0 Å². The summed E-state index contributed by atoms with van der Waals surface area (Å²) in [5.41, 5.74) is 0. The fourth-order valence-corrected chi connectivity index (χ4v) is 5.67. The third kappa shape index (κ3) is 1.50. The normalized spacial score (nSPS) is 44.5. The summed E-state index contributed by atoms with van der Waals surface area (Å²) in [5.74, 6) is 7.80. The predicted octanol–water partition coefficient (Wildman–Crippen LogP) is 3.61.